The third-order valence-electron chi connectivity index (χ3n) is 11.9. The molecule has 0 unspecified atom stereocenters. The predicted octanol–water partition coefficient (Wildman–Crippen LogP) is 16.3. The van der Waals surface area contributed by atoms with Crippen molar-refractivity contribution >= 4 is 82.5 Å². The van der Waals surface area contributed by atoms with E-state index in [2.05, 4.69) is 205 Å². The maximum atomic E-state index is 6.70. The molecule has 276 valence electrons. The molecule has 12 rings (SSSR count). The van der Waals surface area contributed by atoms with Gasteiger partial charge in [0.25, 0.3) is 0 Å². The number of fused-ring (bicyclic) bond motifs is 8. The van der Waals surface area contributed by atoms with E-state index in [1.165, 1.54) is 38.2 Å². The topological polar surface area (TPSA) is 29.5 Å². The Morgan fingerprint density at radius 3 is 1.69 bits per heavy atom. The first-order chi connectivity index (χ1) is 29.2. The second kappa shape index (κ2) is 13.4. The molecule has 3 heteroatoms. The smallest absolute Gasteiger partial charge is 0.159 e. The van der Waals surface area contributed by atoms with Crippen molar-refractivity contribution in [3.05, 3.63) is 212 Å². The summed E-state index contributed by atoms with van der Waals surface area (Å²) in [7, 11) is 0. The van der Waals surface area contributed by atoms with E-state index >= 15 is 0 Å². The van der Waals surface area contributed by atoms with Crippen molar-refractivity contribution in [2.75, 3.05) is 4.90 Å². The van der Waals surface area contributed by atoms with Gasteiger partial charge in [-0.3, -0.25) is 0 Å². The van der Waals surface area contributed by atoms with Crippen molar-refractivity contribution in [1.82, 2.24) is 0 Å². The zero-order chi connectivity index (χ0) is 38.9. The maximum absolute atomic E-state index is 6.70. The van der Waals surface area contributed by atoms with Gasteiger partial charge in [0.15, 0.2) is 5.58 Å². The molecule has 0 fully saturated rings. The Morgan fingerprint density at radius 1 is 0.288 bits per heavy atom. The average molecular weight is 754 g/mol. The van der Waals surface area contributed by atoms with Crippen LogP contribution in [-0.2, 0) is 0 Å². The van der Waals surface area contributed by atoms with Crippen LogP contribution in [0.2, 0.25) is 0 Å². The number of hydrogen-bond acceptors (Lipinski definition) is 3. The van der Waals surface area contributed by atoms with Gasteiger partial charge in [-0.25, -0.2) is 0 Å². The summed E-state index contributed by atoms with van der Waals surface area (Å²) < 4.78 is 13.1. The minimum absolute atomic E-state index is 0.847. The van der Waals surface area contributed by atoms with Crippen LogP contribution >= 0.6 is 0 Å². The molecule has 10 aromatic carbocycles. The van der Waals surface area contributed by atoms with E-state index in [-0.39, 0.29) is 0 Å². The van der Waals surface area contributed by atoms with Crippen molar-refractivity contribution in [3.8, 4) is 33.4 Å². The van der Waals surface area contributed by atoms with E-state index in [9.17, 15) is 0 Å². The number of anilines is 3. The molecule has 2 heterocycles. The lowest BCUT2D eigenvalue weighted by molar-refractivity contribution is 0.669. The largest absolute Gasteiger partial charge is 0.456 e. The van der Waals surface area contributed by atoms with Crippen LogP contribution in [-0.4, -0.2) is 0 Å². The summed E-state index contributed by atoms with van der Waals surface area (Å²) in [5, 5.41) is 9.28. The normalized spacial score (nSPS) is 11.7. The Morgan fingerprint density at radius 2 is 0.847 bits per heavy atom. The summed E-state index contributed by atoms with van der Waals surface area (Å²) in [5.41, 5.74) is 13.5. The SMILES string of the molecule is c1ccc(N(c2ccc(-c3ccc(-c4cccc5ccccc45)cc3)cc2)c2cccc3c2oc2ccccc23)c(-c2ccc3oc4cc5ccccc5cc4c3c2)c1. The highest BCUT2D eigenvalue weighted by Crippen LogP contribution is 2.46. The molecule has 0 bridgehead atoms. The Labute approximate surface area is 340 Å². The van der Waals surface area contributed by atoms with Gasteiger partial charge in [0, 0.05) is 32.8 Å². The maximum Gasteiger partial charge on any atom is 0.159 e. The first kappa shape index (κ1) is 33.3. The molecule has 0 N–H and O–H groups in total. The Hall–Kier alpha value is -7.88. The van der Waals surface area contributed by atoms with Crippen molar-refractivity contribution in [1.29, 1.82) is 0 Å². The molecule has 2 aromatic heterocycles. The van der Waals surface area contributed by atoms with Crippen LogP contribution in [0, 0.1) is 0 Å². The van der Waals surface area contributed by atoms with Crippen LogP contribution in [0.1, 0.15) is 0 Å². The van der Waals surface area contributed by atoms with E-state index in [4.69, 9.17) is 8.83 Å². The first-order valence-corrected chi connectivity index (χ1v) is 20.1. The minimum atomic E-state index is 0.847. The van der Waals surface area contributed by atoms with Crippen LogP contribution < -0.4 is 4.90 Å². The number of benzene rings is 10. The molecular weight excluding hydrogens is 719 g/mol. The average Bonchev–Trinajstić information content (AvgIpc) is 3.86. The Balaban J connectivity index is 0.994. The number of rotatable bonds is 6. The minimum Gasteiger partial charge on any atom is -0.456 e. The molecule has 0 atom stereocenters. The number of nitrogens with zero attached hydrogens (tertiary/aromatic N) is 1. The van der Waals surface area contributed by atoms with Crippen molar-refractivity contribution in [2.45, 2.75) is 0 Å². The van der Waals surface area contributed by atoms with Gasteiger partial charge in [-0.1, -0.05) is 158 Å². The van der Waals surface area contributed by atoms with Crippen LogP contribution in [0.15, 0.2) is 221 Å². The quantitative estimate of drug-likeness (QED) is 0.169. The molecule has 0 aliphatic carbocycles. The fraction of sp³-hybridized carbons (Fsp3) is 0. The monoisotopic (exact) mass is 753 g/mol. The van der Waals surface area contributed by atoms with Gasteiger partial charge in [0.2, 0.25) is 0 Å². The molecule has 59 heavy (non-hydrogen) atoms. The zero-order valence-electron chi connectivity index (χ0n) is 32.0. The number of furan rings is 2. The summed E-state index contributed by atoms with van der Waals surface area (Å²) in [4.78, 5) is 2.35. The fourth-order valence-corrected chi connectivity index (χ4v) is 8.98. The lowest BCUT2D eigenvalue weighted by Crippen LogP contribution is -2.11. The van der Waals surface area contributed by atoms with Crippen LogP contribution in [0.25, 0.3) is 98.8 Å². The molecule has 0 saturated carbocycles. The fourth-order valence-electron chi connectivity index (χ4n) is 8.98. The van der Waals surface area contributed by atoms with Crippen LogP contribution in [0.3, 0.4) is 0 Å². The summed E-state index contributed by atoms with van der Waals surface area (Å²) in [6, 6.07) is 75.8. The van der Waals surface area contributed by atoms with Gasteiger partial charge in [0.1, 0.15) is 16.7 Å². The van der Waals surface area contributed by atoms with E-state index in [1.807, 2.05) is 12.1 Å². The summed E-state index contributed by atoms with van der Waals surface area (Å²) in [6.45, 7) is 0. The summed E-state index contributed by atoms with van der Waals surface area (Å²) in [6.07, 6.45) is 0. The van der Waals surface area contributed by atoms with Crippen LogP contribution in [0.4, 0.5) is 17.1 Å². The summed E-state index contributed by atoms with van der Waals surface area (Å²) >= 11 is 0. The zero-order valence-corrected chi connectivity index (χ0v) is 32.0. The molecule has 0 spiro atoms. The first-order valence-electron chi connectivity index (χ1n) is 20.1. The number of para-hydroxylation sites is 3. The van der Waals surface area contributed by atoms with Gasteiger partial charge in [-0.15, -0.1) is 0 Å². The third kappa shape index (κ3) is 5.51. The summed E-state index contributed by atoms with van der Waals surface area (Å²) in [5.74, 6) is 0. The number of hydrogen-bond donors (Lipinski definition) is 0. The molecule has 0 radical (unpaired) electrons. The molecule has 3 nitrogen and oxygen atoms in total. The molecule has 12 aromatic rings. The van der Waals surface area contributed by atoms with E-state index < -0.39 is 0 Å². The van der Waals surface area contributed by atoms with Crippen molar-refractivity contribution < 1.29 is 8.83 Å². The Bertz CT molecular complexity index is 3550. The molecular formula is C56H35NO2. The highest BCUT2D eigenvalue weighted by Gasteiger charge is 2.22. The molecule has 0 aliphatic heterocycles. The molecule has 0 aliphatic rings. The highest BCUT2D eigenvalue weighted by molar-refractivity contribution is 6.13. The van der Waals surface area contributed by atoms with E-state index in [0.29, 0.717) is 0 Å². The van der Waals surface area contributed by atoms with Crippen LogP contribution in [0.5, 0.6) is 0 Å². The van der Waals surface area contributed by atoms with Gasteiger partial charge in [0.05, 0.1) is 11.4 Å². The van der Waals surface area contributed by atoms with Gasteiger partial charge >= 0.3 is 0 Å². The van der Waals surface area contributed by atoms with Crippen molar-refractivity contribution in [2.24, 2.45) is 0 Å². The lowest BCUT2D eigenvalue weighted by atomic mass is 9.96. The van der Waals surface area contributed by atoms with Gasteiger partial charge in [-0.2, -0.15) is 0 Å². The van der Waals surface area contributed by atoms with Crippen molar-refractivity contribution in [3.63, 3.8) is 0 Å². The van der Waals surface area contributed by atoms with Gasteiger partial charge in [-0.05, 0) is 104 Å². The Kier molecular flexibility index (Phi) is 7.54. The van der Waals surface area contributed by atoms with Gasteiger partial charge < -0.3 is 13.7 Å². The molecule has 0 saturated heterocycles. The third-order valence-corrected chi connectivity index (χ3v) is 11.9. The second-order valence-electron chi connectivity index (χ2n) is 15.3. The van der Waals surface area contributed by atoms with E-state index in [0.717, 1.165) is 77.6 Å². The standard InChI is InChI=1S/C56H35NO2/c1-2-13-41-35-55-50(33-40(41)12-1)49-34-42(29-32-54(49)58-55)46-16-5-7-20-51(46)57(52-21-10-19-48-47-17-6-8-22-53(47)59-56(48)52)43-30-27-37(28-31-43)36-23-25-39(26-24-36)45-18-9-14-38-11-3-4-15-44(38)45/h1-35H. The highest BCUT2D eigenvalue weighted by atomic mass is 16.3. The second-order valence-corrected chi connectivity index (χ2v) is 15.3. The lowest BCUT2D eigenvalue weighted by Gasteiger charge is -2.28. The predicted molar refractivity (Wildman–Crippen MR) is 247 cm³/mol. The molecule has 0 amide bonds. The van der Waals surface area contributed by atoms with E-state index in [1.54, 1.807) is 0 Å².